The molecule has 0 bridgehead atoms. The predicted molar refractivity (Wildman–Crippen MR) is 38.1 cm³/mol. The average Bonchev–Trinajstić information content (AvgIpc) is 2.34. The largest absolute Gasteiger partial charge is 0.238 e. The highest BCUT2D eigenvalue weighted by Crippen LogP contribution is 2.00. The van der Waals surface area contributed by atoms with Gasteiger partial charge in [-0.2, -0.15) is 4.52 Å². The van der Waals surface area contributed by atoms with Gasteiger partial charge in [-0.3, -0.25) is 0 Å². The normalized spacial score (nSPS) is 10.7. The van der Waals surface area contributed by atoms with Gasteiger partial charge in [-0.1, -0.05) is 0 Å². The van der Waals surface area contributed by atoms with Crippen molar-refractivity contribution in [2.24, 2.45) is 0 Å². The molecular formula is C6H7N5. The van der Waals surface area contributed by atoms with E-state index in [0.717, 1.165) is 17.2 Å². The van der Waals surface area contributed by atoms with Crippen molar-refractivity contribution in [2.45, 2.75) is 13.8 Å². The van der Waals surface area contributed by atoms with Crippen LogP contribution in [-0.4, -0.2) is 25.0 Å². The second-order valence-electron chi connectivity index (χ2n) is 2.39. The number of aromatic nitrogens is 5. The Morgan fingerprint density at radius 2 is 2.18 bits per heavy atom. The molecule has 2 aromatic rings. The zero-order valence-corrected chi connectivity index (χ0v) is 6.31. The Balaban J connectivity index is 2.91. The number of nitrogens with zero attached hydrogens (tertiary/aromatic N) is 5. The van der Waals surface area contributed by atoms with Crippen LogP contribution in [0.1, 0.15) is 11.5 Å². The van der Waals surface area contributed by atoms with Crippen molar-refractivity contribution in [3.63, 3.8) is 0 Å². The van der Waals surface area contributed by atoms with E-state index in [-0.39, 0.29) is 0 Å². The minimum Gasteiger partial charge on any atom is -0.238 e. The Morgan fingerprint density at radius 3 is 3.00 bits per heavy atom. The van der Waals surface area contributed by atoms with E-state index < -0.39 is 0 Å². The van der Waals surface area contributed by atoms with E-state index in [9.17, 15) is 0 Å². The average molecular weight is 149 g/mol. The van der Waals surface area contributed by atoms with E-state index >= 15 is 0 Å². The highest BCUT2D eigenvalue weighted by atomic mass is 15.5. The van der Waals surface area contributed by atoms with E-state index in [1.807, 2.05) is 19.9 Å². The maximum atomic E-state index is 4.19. The molecule has 5 heteroatoms. The van der Waals surface area contributed by atoms with Crippen LogP contribution in [-0.2, 0) is 0 Å². The third-order valence-corrected chi connectivity index (χ3v) is 1.48. The molecule has 0 aliphatic carbocycles. The van der Waals surface area contributed by atoms with Crippen molar-refractivity contribution in [1.29, 1.82) is 0 Å². The first kappa shape index (κ1) is 6.21. The van der Waals surface area contributed by atoms with Gasteiger partial charge in [0.05, 0.1) is 0 Å². The molecule has 56 valence electrons. The van der Waals surface area contributed by atoms with Gasteiger partial charge in [0.2, 0.25) is 0 Å². The third-order valence-electron chi connectivity index (χ3n) is 1.48. The summed E-state index contributed by atoms with van der Waals surface area (Å²) in [5.74, 6) is 0.810. The SMILES string of the molecule is Cc1cc2nnnn2c(C)n1. The van der Waals surface area contributed by atoms with Gasteiger partial charge in [0, 0.05) is 11.8 Å². The molecule has 0 spiro atoms. The Hall–Kier alpha value is -1.52. The van der Waals surface area contributed by atoms with Crippen LogP contribution in [0.15, 0.2) is 6.07 Å². The van der Waals surface area contributed by atoms with Crippen LogP contribution in [0.3, 0.4) is 0 Å². The molecule has 2 heterocycles. The van der Waals surface area contributed by atoms with Gasteiger partial charge in [0.25, 0.3) is 0 Å². The first-order chi connectivity index (χ1) is 5.27. The lowest BCUT2D eigenvalue weighted by Gasteiger charge is -1.95. The molecule has 0 unspecified atom stereocenters. The zero-order valence-electron chi connectivity index (χ0n) is 6.31. The topological polar surface area (TPSA) is 56.0 Å². The van der Waals surface area contributed by atoms with Crippen LogP contribution in [0.25, 0.3) is 5.65 Å². The summed E-state index contributed by atoms with van der Waals surface area (Å²) in [7, 11) is 0. The number of hydrogen-bond donors (Lipinski definition) is 0. The molecule has 0 radical (unpaired) electrons. The first-order valence-corrected chi connectivity index (χ1v) is 3.30. The maximum Gasteiger partial charge on any atom is 0.183 e. The van der Waals surface area contributed by atoms with E-state index in [1.54, 1.807) is 4.52 Å². The van der Waals surface area contributed by atoms with Gasteiger partial charge in [-0.15, -0.1) is 5.10 Å². The number of fused-ring (bicyclic) bond motifs is 1. The minimum absolute atomic E-state index is 0.745. The molecule has 0 N–H and O–H groups in total. The molecule has 0 atom stereocenters. The number of hydrogen-bond acceptors (Lipinski definition) is 4. The Labute approximate surface area is 63.1 Å². The first-order valence-electron chi connectivity index (χ1n) is 3.30. The molecule has 0 aliphatic rings. The molecule has 0 aromatic carbocycles. The lowest BCUT2D eigenvalue weighted by molar-refractivity contribution is 0.777. The number of tetrazole rings is 1. The minimum atomic E-state index is 0.745. The molecule has 0 saturated carbocycles. The van der Waals surface area contributed by atoms with Crippen molar-refractivity contribution in [3.8, 4) is 0 Å². The van der Waals surface area contributed by atoms with Crippen molar-refractivity contribution < 1.29 is 0 Å². The Kier molecular flexibility index (Phi) is 1.12. The molecule has 5 nitrogen and oxygen atoms in total. The summed E-state index contributed by atoms with van der Waals surface area (Å²) in [5, 5.41) is 11.1. The van der Waals surface area contributed by atoms with E-state index in [2.05, 4.69) is 20.5 Å². The van der Waals surface area contributed by atoms with Crippen LogP contribution < -0.4 is 0 Å². The molecule has 2 rings (SSSR count). The van der Waals surface area contributed by atoms with Gasteiger partial charge in [-0.05, 0) is 24.3 Å². The van der Waals surface area contributed by atoms with Crippen molar-refractivity contribution in [3.05, 3.63) is 17.6 Å². The smallest absolute Gasteiger partial charge is 0.183 e. The second kappa shape index (κ2) is 1.98. The van der Waals surface area contributed by atoms with Crippen molar-refractivity contribution >= 4 is 5.65 Å². The fourth-order valence-electron chi connectivity index (χ4n) is 1.04. The van der Waals surface area contributed by atoms with Crippen LogP contribution in [0, 0.1) is 13.8 Å². The van der Waals surface area contributed by atoms with Gasteiger partial charge < -0.3 is 0 Å². The molecular weight excluding hydrogens is 142 g/mol. The summed E-state index contributed by atoms with van der Waals surface area (Å²) in [5.41, 5.74) is 1.68. The molecule has 0 aliphatic heterocycles. The lowest BCUT2D eigenvalue weighted by atomic mass is 10.4. The van der Waals surface area contributed by atoms with Crippen LogP contribution in [0.5, 0.6) is 0 Å². The molecule has 0 saturated heterocycles. The Bertz CT molecular complexity index is 391. The fraction of sp³-hybridized carbons (Fsp3) is 0.333. The predicted octanol–water partition coefficient (Wildman–Crippen LogP) is 0.136. The van der Waals surface area contributed by atoms with Gasteiger partial charge in [-0.25, -0.2) is 4.98 Å². The Morgan fingerprint density at radius 1 is 1.36 bits per heavy atom. The maximum absolute atomic E-state index is 4.19. The standard InChI is InChI=1S/C6H7N5/c1-4-3-6-8-9-10-11(6)5(2)7-4/h3H,1-2H3. The van der Waals surface area contributed by atoms with E-state index in [0.29, 0.717) is 0 Å². The van der Waals surface area contributed by atoms with Crippen molar-refractivity contribution in [2.75, 3.05) is 0 Å². The fourth-order valence-corrected chi connectivity index (χ4v) is 1.04. The van der Waals surface area contributed by atoms with Gasteiger partial charge >= 0.3 is 0 Å². The summed E-state index contributed by atoms with van der Waals surface area (Å²) in [6.45, 7) is 3.79. The quantitative estimate of drug-likeness (QED) is 0.534. The molecule has 2 aromatic heterocycles. The summed E-state index contributed by atoms with van der Waals surface area (Å²) in [6.07, 6.45) is 0. The second-order valence-corrected chi connectivity index (χ2v) is 2.39. The number of rotatable bonds is 0. The summed E-state index contributed by atoms with van der Waals surface area (Å²) >= 11 is 0. The van der Waals surface area contributed by atoms with Crippen LogP contribution >= 0.6 is 0 Å². The summed E-state index contributed by atoms with van der Waals surface area (Å²) in [6, 6.07) is 1.84. The molecule has 0 amide bonds. The van der Waals surface area contributed by atoms with E-state index in [4.69, 9.17) is 0 Å². The van der Waals surface area contributed by atoms with Crippen molar-refractivity contribution in [1.82, 2.24) is 25.0 Å². The van der Waals surface area contributed by atoms with Gasteiger partial charge in [0.1, 0.15) is 5.82 Å². The monoisotopic (exact) mass is 149 g/mol. The highest BCUT2D eigenvalue weighted by Gasteiger charge is 2.00. The molecule has 0 fully saturated rings. The zero-order chi connectivity index (χ0) is 7.84. The van der Waals surface area contributed by atoms with Gasteiger partial charge in [0.15, 0.2) is 5.65 Å². The lowest BCUT2D eigenvalue weighted by Crippen LogP contribution is -1.98. The third kappa shape index (κ3) is 0.849. The van der Waals surface area contributed by atoms with E-state index in [1.165, 1.54) is 0 Å². The van der Waals surface area contributed by atoms with Crippen LogP contribution in [0.4, 0.5) is 0 Å². The molecule has 11 heavy (non-hydrogen) atoms. The summed E-state index contributed by atoms with van der Waals surface area (Å²) < 4.78 is 1.60. The van der Waals surface area contributed by atoms with Crippen LogP contribution in [0.2, 0.25) is 0 Å². The highest BCUT2D eigenvalue weighted by molar-refractivity contribution is 5.36. The summed E-state index contributed by atoms with van der Waals surface area (Å²) in [4.78, 5) is 4.19. The number of aryl methyl sites for hydroxylation is 2.